The molecule has 1 heterocycles. The standard InChI is InChI=1S/C10H11NO3S/c12-10(13)6-14-11-8-2-1-3-9-7(8)4-5-15-9/h4-5H,1-3,6H2,(H,12,13)/b11-8-. The molecule has 0 bridgehead atoms. The first kappa shape index (κ1) is 10.2. The van der Waals surface area contributed by atoms with E-state index in [1.807, 2.05) is 11.4 Å². The van der Waals surface area contributed by atoms with Crippen LogP contribution in [0.15, 0.2) is 16.6 Å². The summed E-state index contributed by atoms with van der Waals surface area (Å²) in [7, 11) is 0. The maximum atomic E-state index is 10.2. The molecule has 0 fully saturated rings. The van der Waals surface area contributed by atoms with Gasteiger partial charge in [0.15, 0.2) is 0 Å². The Bertz CT molecular complexity index is 397. The first-order valence-electron chi connectivity index (χ1n) is 4.75. The third-order valence-electron chi connectivity index (χ3n) is 2.24. The number of hydrogen-bond donors (Lipinski definition) is 1. The number of carboxylic acids is 1. The molecule has 0 radical (unpaired) electrons. The van der Waals surface area contributed by atoms with Gasteiger partial charge in [-0.15, -0.1) is 11.3 Å². The number of hydrogen-bond acceptors (Lipinski definition) is 4. The van der Waals surface area contributed by atoms with Crippen LogP contribution in [0.1, 0.15) is 23.3 Å². The molecule has 5 heteroatoms. The third-order valence-corrected chi connectivity index (χ3v) is 3.22. The fourth-order valence-electron chi connectivity index (χ4n) is 1.60. The van der Waals surface area contributed by atoms with Crippen molar-refractivity contribution in [3.8, 4) is 0 Å². The minimum absolute atomic E-state index is 0.372. The average Bonchev–Trinajstić information content (AvgIpc) is 2.65. The summed E-state index contributed by atoms with van der Waals surface area (Å²) in [6.45, 7) is -0.372. The van der Waals surface area contributed by atoms with Crippen molar-refractivity contribution in [2.24, 2.45) is 5.16 Å². The fraction of sp³-hybridized carbons (Fsp3) is 0.400. The molecule has 1 aliphatic carbocycles. The predicted octanol–water partition coefficient (Wildman–Crippen LogP) is 1.89. The zero-order valence-electron chi connectivity index (χ0n) is 8.10. The summed E-state index contributed by atoms with van der Waals surface area (Å²) in [5.74, 6) is -0.999. The van der Waals surface area contributed by atoms with Crippen molar-refractivity contribution in [1.29, 1.82) is 0 Å². The van der Waals surface area contributed by atoms with Gasteiger partial charge in [-0.05, 0) is 30.7 Å². The van der Waals surface area contributed by atoms with Crippen molar-refractivity contribution in [2.75, 3.05) is 6.61 Å². The Morgan fingerprint density at radius 1 is 1.60 bits per heavy atom. The Morgan fingerprint density at radius 3 is 3.27 bits per heavy atom. The van der Waals surface area contributed by atoms with Gasteiger partial charge in [0.2, 0.25) is 6.61 Å². The summed E-state index contributed by atoms with van der Waals surface area (Å²) >= 11 is 1.72. The van der Waals surface area contributed by atoms with Crippen LogP contribution < -0.4 is 0 Å². The number of aryl methyl sites for hydroxylation is 1. The summed E-state index contributed by atoms with van der Waals surface area (Å²) in [4.78, 5) is 16.3. The first-order chi connectivity index (χ1) is 7.27. The molecule has 4 nitrogen and oxygen atoms in total. The van der Waals surface area contributed by atoms with Gasteiger partial charge in [-0.25, -0.2) is 4.79 Å². The highest BCUT2D eigenvalue weighted by Crippen LogP contribution is 2.26. The Hall–Kier alpha value is -1.36. The SMILES string of the molecule is O=C(O)CO/N=C1/CCCc2sccc21. The third kappa shape index (κ3) is 2.36. The van der Waals surface area contributed by atoms with E-state index < -0.39 is 5.97 Å². The largest absolute Gasteiger partial charge is 0.479 e. The van der Waals surface area contributed by atoms with Crippen molar-refractivity contribution >= 4 is 23.0 Å². The van der Waals surface area contributed by atoms with Crippen molar-refractivity contribution in [3.05, 3.63) is 21.9 Å². The Labute approximate surface area is 91.2 Å². The lowest BCUT2D eigenvalue weighted by molar-refractivity contribution is -0.142. The molecule has 15 heavy (non-hydrogen) atoms. The molecule has 1 N–H and O–H groups in total. The molecule has 2 rings (SSSR count). The quantitative estimate of drug-likeness (QED) is 0.799. The zero-order valence-corrected chi connectivity index (χ0v) is 8.92. The summed E-state index contributed by atoms with van der Waals surface area (Å²) in [5.41, 5.74) is 2.00. The molecule has 0 aromatic carbocycles. The van der Waals surface area contributed by atoms with Gasteiger partial charge in [0.05, 0.1) is 5.71 Å². The van der Waals surface area contributed by atoms with Crippen LogP contribution >= 0.6 is 11.3 Å². The predicted molar refractivity (Wildman–Crippen MR) is 57.4 cm³/mol. The van der Waals surface area contributed by atoms with E-state index in [-0.39, 0.29) is 6.61 Å². The van der Waals surface area contributed by atoms with Gasteiger partial charge in [-0.1, -0.05) is 5.16 Å². The van der Waals surface area contributed by atoms with Crippen LogP contribution in [-0.2, 0) is 16.1 Å². The van der Waals surface area contributed by atoms with Crippen molar-refractivity contribution in [2.45, 2.75) is 19.3 Å². The van der Waals surface area contributed by atoms with Crippen LogP contribution in [0.3, 0.4) is 0 Å². The number of aliphatic carboxylic acids is 1. The fourth-order valence-corrected chi connectivity index (χ4v) is 2.55. The Kier molecular flexibility index (Phi) is 3.01. The van der Waals surface area contributed by atoms with E-state index in [0.29, 0.717) is 0 Å². The topological polar surface area (TPSA) is 58.9 Å². The van der Waals surface area contributed by atoms with Gasteiger partial charge in [-0.3, -0.25) is 0 Å². The molecule has 0 aliphatic heterocycles. The van der Waals surface area contributed by atoms with Gasteiger partial charge in [0.25, 0.3) is 0 Å². The smallest absolute Gasteiger partial charge is 0.344 e. The van der Waals surface area contributed by atoms with E-state index in [4.69, 9.17) is 9.94 Å². The maximum Gasteiger partial charge on any atom is 0.344 e. The van der Waals surface area contributed by atoms with Gasteiger partial charge in [-0.2, -0.15) is 0 Å². The Morgan fingerprint density at radius 2 is 2.47 bits per heavy atom. The van der Waals surface area contributed by atoms with Crippen LogP contribution in [0.2, 0.25) is 0 Å². The normalized spacial score (nSPS) is 17.5. The highest BCUT2D eigenvalue weighted by molar-refractivity contribution is 7.10. The van der Waals surface area contributed by atoms with Crippen LogP contribution in [0.4, 0.5) is 0 Å². The van der Waals surface area contributed by atoms with E-state index in [1.165, 1.54) is 4.88 Å². The molecule has 1 aliphatic rings. The monoisotopic (exact) mass is 225 g/mol. The maximum absolute atomic E-state index is 10.2. The molecule has 0 spiro atoms. The van der Waals surface area contributed by atoms with Gasteiger partial charge in [0.1, 0.15) is 0 Å². The van der Waals surface area contributed by atoms with Gasteiger partial charge < -0.3 is 9.94 Å². The second-order valence-corrected chi connectivity index (χ2v) is 4.32. The number of oxime groups is 1. The molecular weight excluding hydrogens is 214 g/mol. The van der Waals surface area contributed by atoms with Crippen LogP contribution in [-0.4, -0.2) is 23.4 Å². The molecule has 0 atom stereocenters. The number of carboxylic acid groups (broad SMARTS) is 1. The number of nitrogens with zero attached hydrogens (tertiary/aromatic N) is 1. The molecule has 1 aromatic heterocycles. The van der Waals surface area contributed by atoms with Gasteiger partial charge >= 0.3 is 5.97 Å². The Balaban J connectivity index is 2.08. The summed E-state index contributed by atoms with van der Waals surface area (Å²) < 4.78 is 0. The number of carbonyl (C=O) groups is 1. The van der Waals surface area contributed by atoms with E-state index in [2.05, 4.69) is 5.16 Å². The van der Waals surface area contributed by atoms with E-state index in [1.54, 1.807) is 11.3 Å². The van der Waals surface area contributed by atoms with E-state index in [0.717, 1.165) is 30.5 Å². The molecule has 0 amide bonds. The highest BCUT2D eigenvalue weighted by atomic mass is 32.1. The number of fused-ring (bicyclic) bond motifs is 1. The number of rotatable bonds is 3. The minimum Gasteiger partial charge on any atom is -0.479 e. The lowest BCUT2D eigenvalue weighted by Gasteiger charge is -2.12. The minimum atomic E-state index is -0.999. The first-order valence-corrected chi connectivity index (χ1v) is 5.62. The molecule has 0 saturated heterocycles. The summed E-state index contributed by atoms with van der Waals surface area (Å²) in [5, 5.41) is 14.3. The van der Waals surface area contributed by atoms with Crippen molar-refractivity contribution < 1.29 is 14.7 Å². The average molecular weight is 225 g/mol. The van der Waals surface area contributed by atoms with E-state index >= 15 is 0 Å². The lowest BCUT2D eigenvalue weighted by Crippen LogP contribution is -2.11. The second kappa shape index (κ2) is 4.44. The summed E-state index contributed by atoms with van der Waals surface area (Å²) in [6, 6.07) is 2.02. The highest BCUT2D eigenvalue weighted by Gasteiger charge is 2.16. The van der Waals surface area contributed by atoms with Crippen molar-refractivity contribution in [3.63, 3.8) is 0 Å². The van der Waals surface area contributed by atoms with Crippen LogP contribution in [0.25, 0.3) is 0 Å². The van der Waals surface area contributed by atoms with Crippen LogP contribution in [0, 0.1) is 0 Å². The molecule has 0 unspecified atom stereocenters. The molecule has 0 saturated carbocycles. The summed E-state index contributed by atoms with van der Waals surface area (Å²) in [6.07, 6.45) is 3.01. The zero-order chi connectivity index (χ0) is 10.7. The molecule has 80 valence electrons. The molecular formula is C10H11NO3S. The second-order valence-electron chi connectivity index (χ2n) is 3.32. The molecule has 1 aromatic rings. The number of thiophene rings is 1. The lowest BCUT2D eigenvalue weighted by atomic mass is 9.97. The van der Waals surface area contributed by atoms with Gasteiger partial charge in [0, 0.05) is 10.4 Å². The van der Waals surface area contributed by atoms with Crippen LogP contribution in [0.5, 0.6) is 0 Å². The van der Waals surface area contributed by atoms with E-state index in [9.17, 15) is 4.79 Å². The van der Waals surface area contributed by atoms with Crippen molar-refractivity contribution in [1.82, 2.24) is 0 Å².